The van der Waals surface area contributed by atoms with E-state index in [1.807, 2.05) is 0 Å². The van der Waals surface area contributed by atoms with Gasteiger partial charge in [0.15, 0.2) is 8.32 Å². The topological polar surface area (TPSA) is 93.2 Å². The maximum Gasteiger partial charge on any atom is 0.338 e. The molecule has 2 aromatic carbocycles. The number of ether oxygens (including phenoxy) is 1. The van der Waals surface area contributed by atoms with Crippen LogP contribution in [-0.2, 0) is 14.0 Å². The standard InChI is InChI=1S/C32H42N2O6Si/c1-21(2)41(22(3)4,23(5)6)40-19-26-17-18-28-27(20-39-31(37)25-15-11-8-12-16-25)30(36)34(32(38)33(26)28)29(35)24-13-9-7-10-14-24/h7-16,21-23,26-28H,17-20H2,1-6H3/t26-,27+,28-/m0/s1. The van der Waals surface area contributed by atoms with Crippen molar-refractivity contribution in [2.45, 2.75) is 83.1 Å². The SMILES string of the molecule is CC(C)[Si](OC[C@@H]1CC[C@H]2[C@@H](COC(=O)c3ccccc3)C(=O)N(C(=O)c3ccccc3)C(=O)N12)(C(C)C)C(C)C. The van der Waals surface area contributed by atoms with Crippen LogP contribution in [0.1, 0.15) is 75.1 Å². The second-order valence-electron chi connectivity index (χ2n) is 12.0. The van der Waals surface area contributed by atoms with Crippen LogP contribution in [0.15, 0.2) is 60.7 Å². The van der Waals surface area contributed by atoms with E-state index in [2.05, 4.69) is 41.5 Å². The summed E-state index contributed by atoms with van der Waals surface area (Å²) in [6, 6.07) is 15.5. The number of nitrogens with zero attached hydrogens (tertiary/aromatic N) is 2. The quantitative estimate of drug-likeness (QED) is 0.187. The van der Waals surface area contributed by atoms with Gasteiger partial charge in [-0.05, 0) is 53.7 Å². The van der Waals surface area contributed by atoms with Gasteiger partial charge in [-0.1, -0.05) is 77.9 Å². The van der Waals surface area contributed by atoms with Crippen molar-refractivity contribution in [3.05, 3.63) is 71.8 Å². The Kier molecular flexibility index (Phi) is 9.49. The van der Waals surface area contributed by atoms with Gasteiger partial charge in [-0.2, -0.15) is 4.90 Å². The molecule has 9 heteroatoms. The predicted octanol–water partition coefficient (Wildman–Crippen LogP) is 6.29. The summed E-state index contributed by atoms with van der Waals surface area (Å²) in [5, 5.41) is 0. The molecule has 0 aromatic heterocycles. The Morgan fingerprint density at radius 2 is 1.34 bits per heavy atom. The van der Waals surface area contributed by atoms with Gasteiger partial charge in [-0.15, -0.1) is 0 Å². The Labute approximate surface area is 244 Å². The van der Waals surface area contributed by atoms with Crippen molar-refractivity contribution >= 4 is 32.1 Å². The maximum absolute atomic E-state index is 13.9. The van der Waals surface area contributed by atoms with E-state index < -0.39 is 44.1 Å². The smallest absolute Gasteiger partial charge is 0.338 e. The number of carbonyl (C=O) groups is 4. The number of carbonyl (C=O) groups excluding carboxylic acids is 4. The first kappa shape index (κ1) is 30.7. The van der Waals surface area contributed by atoms with Crippen molar-refractivity contribution in [2.24, 2.45) is 5.92 Å². The first-order valence-corrected chi connectivity index (χ1v) is 16.8. The minimum atomic E-state index is -2.22. The Balaban J connectivity index is 1.63. The van der Waals surface area contributed by atoms with Crippen LogP contribution in [0.5, 0.6) is 0 Å². The molecule has 3 atom stereocenters. The molecule has 2 heterocycles. The zero-order valence-electron chi connectivity index (χ0n) is 24.9. The fraction of sp³-hybridized carbons (Fsp3) is 0.500. The first-order valence-electron chi connectivity index (χ1n) is 14.6. The number of benzene rings is 2. The van der Waals surface area contributed by atoms with E-state index in [4.69, 9.17) is 9.16 Å². The molecule has 220 valence electrons. The third-order valence-electron chi connectivity index (χ3n) is 8.82. The van der Waals surface area contributed by atoms with E-state index in [0.29, 0.717) is 41.6 Å². The number of esters is 1. The van der Waals surface area contributed by atoms with Gasteiger partial charge in [0, 0.05) is 11.6 Å². The molecule has 2 aliphatic heterocycles. The molecular weight excluding hydrogens is 536 g/mol. The highest BCUT2D eigenvalue weighted by atomic mass is 28.4. The normalized spacial score (nSPS) is 21.1. The number of rotatable bonds is 10. The van der Waals surface area contributed by atoms with Gasteiger partial charge in [-0.25, -0.2) is 9.59 Å². The molecule has 0 aliphatic carbocycles. The van der Waals surface area contributed by atoms with Gasteiger partial charge < -0.3 is 14.1 Å². The lowest BCUT2D eigenvalue weighted by molar-refractivity contribution is -0.137. The van der Waals surface area contributed by atoms with E-state index in [1.54, 1.807) is 65.6 Å². The van der Waals surface area contributed by atoms with E-state index in [-0.39, 0.29) is 18.2 Å². The van der Waals surface area contributed by atoms with E-state index in [0.717, 1.165) is 4.90 Å². The molecule has 0 radical (unpaired) electrons. The molecule has 0 saturated carbocycles. The van der Waals surface area contributed by atoms with E-state index >= 15 is 0 Å². The average Bonchev–Trinajstić information content (AvgIpc) is 3.37. The zero-order chi connectivity index (χ0) is 29.9. The highest BCUT2D eigenvalue weighted by Crippen LogP contribution is 2.44. The van der Waals surface area contributed by atoms with Crippen LogP contribution in [0, 0.1) is 5.92 Å². The third-order valence-corrected chi connectivity index (χ3v) is 14.9. The number of amides is 4. The average molecular weight is 579 g/mol. The molecule has 41 heavy (non-hydrogen) atoms. The highest BCUT2D eigenvalue weighted by Gasteiger charge is 2.55. The fourth-order valence-electron chi connectivity index (χ4n) is 6.95. The van der Waals surface area contributed by atoms with Crippen LogP contribution < -0.4 is 0 Å². The lowest BCUT2D eigenvalue weighted by Crippen LogP contribution is -2.64. The second kappa shape index (κ2) is 12.7. The van der Waals surface area contributed by atoms with Crippen molar-refractivity contribution in [2.75, 3.05) is 13.2 Å². The number of imide groups is 3. The van der Waals surface area contributed by atoms with Crippen LogP contribution in [0.25, 0.3) is 0 Å². The van der Waals surface area contributed by atoms with Crippen LogP contribution in [0.2, 0.25) is 16.6 Å². The summed E-state index contributed by atoms with van der Waals surface area (Å²) < 4.78 is 12.5. The summed E-state index contributed by atoms with van der Waals surface area (Å²) in [7, 11) is -2.22. The van der Waals surface area contributed by atoms with E-state index in [1.165, 1.54) is 0 Å². The van der Waals surface area contributed by atoms with Crippen molar-refractivity contribution in [1.82, 2.24) is 9.80 Å². The van der Waals surface area contributed by atoms with Crippen molar-refractivity contribution in [3.63, 3.8) is 0 Å². The molecule has 8 nitrogen and oxygen atoms in total. The molecule has 2 aliphatic rings. The molecule has 2 fully saturated rings. The second-order valence-corrected chi connectivity index (χ2v) is 17.5. The summed E-state index contributed by atoms with van der Waals surface area (Å²) in [6.07, 6.45) is 1.20. The number of fused-ring (bicyclic) bond motifs is 1. The zero-order valence-corrected chi connectivity index (χ0v) is 25.9. The van der Waals surface area contributed by atoms with Gasteiger partial charge in [0.1, 0.15) is 6.61 Å². The largest absolute Gasteiger partial charge is 0.461 e. The number of urea groups is 1. The summed E-state index contributed by atoms with van der Waals surface area (Å²) in [5.74, 6) is -2.73. The highest BCUT2D eigenvalue weighted by molar-refractivity contribution is 6.77. The Morgan fingerprint density at radius 3 is 1.88 bits per heavy atom. The molecule has 2 saturated heterocycles. The van der Waals surface area contributed by atoms with Crippen molar-refractivity contribution in [1.29, 1.82) is 0 Å². The van der Waals surface area contributed by atoms with Crippen LogP contribution in [0.4, 0.5) is 4.79 Å². The lowest BCUT2D eigenvalue weighted by Gasteiger charge is -2.45. The molecule has 0 unspecified atom stereocenters. The summed E-state index contributed by atoms with van der Waals surface area (Å²) in [6.45, 7) is 13.4. The summed E-state index contributed by atoms with van der Waals surface area (Å²) in [5.41, 5.74) is 1.74. The Morgan fingerprint density at radius 1 is 0.805 bits per heavy atom. The van der Waals surface area contributed by atoms with Crippen molar-refractivity contribution in [3.8, 4) is 0 Å². The van der Waals surface area contributed by atoms with Crippen LogP contribution in [0.3, 0.4) is 0 Å². The predicted molar refractivity (Wildman–Crippen MR) is 159 cm³/mol. The number of hydrogen-bond acceptors (Lipinski definition) is 6. The molecular formula is C32H42N2O6Si. The van der Waals surface area contributed by atoms with Crippen LogP contribution in [-0.4, -0.2) is 67.2 Å². The Bertz CT molecular complexity index is 1230. The molecule has 4 rings (SSSR count). The van der Waals surface area contributed by atoms with Crippen LogP contribution >= 0.6 is 0 Å². The monoisotopic (exact) mass is 578 g/mol. The van der Waals surface area contributed by atoms with Crippen molar-refractivity contribution < 1.29 is 28.3 Å². The first-order chi connectivity index (χ1) is 19.5. The summed E-state index contributed by atoms with van der Waals surface area (Å²) >= 11 is 0. The van der Waals surface area contributed by atoms with E-state index in [9.17, 15) is 19.2 Å². The molecule has 2 aromatic rings. The maximum atomic E-state index is 13.9. The summed E-state index contributed by atoms with van der Waals surface area (Å²) in [4.78, 5) is 56.4. The minimum absolute atomic E-state index is 0.226. The molecule has 0 spiro atoms. The lowest BCUT2D eigenvalue weighted by atomic mass is 9.94. The molecule has 0 bridgehead atoms. The third kappa shape index (κ3) is 5.88. The van der Waals surface area contributed by atoms with Gasteiger partial charge in [0.25, 0.3) is 5.91 Å². The Hall–Kier alpha value is -3.30. The number of hydrogen-bond donors (Lipinski definition) is 0. The van der Waals surface area contributed by atoms with Gasteiger partial charge in [0.2, 0.25) is 5.91 Å². The minimum Gasteiger partial charge on any atom is -0.461 e. The molecule has 0 N–H and O–H groups in total. The van der Waals surface area contributed by atoms with Gasteiger partial charge in [-0.3, -0.25) is 9.59 Å². The van der Waals surface area contributed by atoms with Gasteiger partial charge >= 0.3 is 12.0 Å². The van der Waals surface area contributed by atoms with Gasteiger partial charge in [0.05, 0.1) is 24.1 Å². The fourth-order valence-corrected chi connectivity index (χ4v) is 12.4. The molecule has 4 amide bonds.